The molecule has 0 spiro atoms. The minimum atomic E-state index is 0.432. The van der Waals surface area contributed by atoms with Gasteiger partial charge in [-0.05, 0) is 30.5 Å². The molecule has 0 saturated carbocycles. The summed E-state index contributed by atoms with van der Waals surface area (Å²) >= 11 is 0. The van der Waals surface area contributed by atoms with E-state index >= 15 is 0 Å². The molecule has 2 atom stereocenters. The van der Waals surface area contributed by atoms with E-state index in [0.29, 0.717) is 18.0 Å². The van der Waals surface area contributed by atoms with Gasteiger partial charge >= 0.3 is 0 Å². The van der Waals surface area contributed by atoms with Crippen molar-refractivity contribution in [1.29, 1.82) is 0 Å². The van der Waals surface area contributed by atoms with E-state index in [9.17, 15) is 0 Å². The molecule has 1 aromatic carbocycles. The predicted molar refractivity (Wildman–Crippen MR) is 84.0 cm³/mol. The standard InChI is InChI=1S/C17H28N2O/c1-13(2)12-19(9-10-20-4)16-11-14-7-5-6-8-15(14)17(16)18-3/h5-8,13,16-18H,9-12H2,1-4H3. The summed E-state index contributed by atoms with van der Waals surface area (Å²) in [5.41, 5.74) is 2.95. The molecular weight excluding hydrogens is 248 g/mol. The van der Waals surface area contributed by atoms with Crippen LogP contribution in [0.25, 0.3) is 0 Å². The Morgan fingerprint density at radius 2 is 2.10 bits per heavy atom. The van der Waals surface area contributed by atoms with Crippen LogP contribution in [-0.2, 0) is 11.2 Å². The smallest absolute Gasteiger partial charge is 0.0589 e. The Balaban J connectivity index is 2.16. The molecule has 0 aromatic heterocycles. The highest BCUT2D eigenvalue weighted by Gasteiger charge is 2.35. The molecule has 3 heteroatoms. The molecule has 0 bridgehead atoms. The summed E-state index contributed by atoms with van der Waals surface area (Å²) in [4.78, 5) is 2.59. The fourth-order valence-corrected chi connectivity index (χ4v) is 3.33. The van der Waals surface area contributed by atoms with Crippen LogP contribution in [0.4, 0.5) is 0 Å². The first-order valence-electron chi connectivity index (χ1n) is 7.65. The lowest BCUT2D eigenvalue weighted by Crippen LogP contribution is -2.45. The number of fused-ring (bicyclic) bond motifs is 1. The molecule has 20 heavy (non-hydrogen) atoms. The second-order valence-electron chi connectivity index (χ2n) is 6.12. The molecule has 1 aromatic rings. The monoisotopic (exact) mass is 276 g/mol. The molecule has 0 saturated heterocycles. The third-order valence-corrected chi connectivity index (χ3v) is 4.17. The predicted octanol–water partition coefficient (Wildman–Crippen LogP) is 2.48. The van der Waals surface area contributed by atoms with E-state index in [2.05, 4.69) is 55.4 Å². The second kappa shape index (κ2) is 7.21. The molecule has 0 heterocycles. The van der Waals surface area contributed by atoms with Crippen molar-refractivity contribution in [2.45, 2.75) is 32.4 Å². The van der Waals surface area contributed by atoms with E-state index in [-0.39, 0.29) is 0 Å². The number of hydrogen-bond donors (Lipinski definition) is 1. The molecule has 1 aliphatic carbocycles. The molecule has 2 rings (SSSR count). The first kappa shape index (κ1) is 15.5. The van der Waals surface area contributed by atoms with Gasteiger partial charge in [0.1, 0.15) is 0 Å². The maximum absolute atomic E-state index is 5.30. The first-order chi connectivity index (χ1) is 9.67. The van der Waals surface area contributed by atoms with E-state index < -0.39 is 0 Å². The highest BCUT2D eigenvalue weighted by molar-refractivity contribution is 5.37. The van der Waals surface area contributed by atoms with Crippen molar-refractivity contribution in [2.75, 3.05) is 33.9 Å². The lowest BCUT2D eigenvalue weighted by molar-refractivity contribution is 0.0984. The van der Waals surface area contributed by atoms with Crippen LogP contribution in [0, 0.1) is 5.92 Å². The first-order valence-corrected chi connectivity index (χ1v) is 7.65. The number of methoxy groups -OCH3 is 1. The minimum Gasteiger partial charge on any atom is -0.383 e. The lowest BCUT2D eigenvalue weighted by atomic mass is 10.0. The molecule has 3 nitrogen and oxygen atoms in total. The average Bonchev–Trinajstić information content (AvgIpc) is 2.81. The Morgan fingerprint density at radius 1 is 1.35 bits per heavy atom. The van der Waals surface area contributed by atoms with E-state index in [1.54, 1.807) is 7.11 Å². The molecular formula is C17H28N2O. The largest absolute Gasteiger partial charge is 0.383 e. The molecule has 0 amide bonds. The Labute approximate surface area is 123 Å². The van der Waals surface area contributed by atoms with Gasteiger partial charge in [-0.2, -0.15) is 0 Å². The van der Waals surface area contributed by atoms with Crippen LogP contribution < -0.4 is 5.32 Å². The summed E-state index contributed by atoms with van der Waals surface area (Å²) < 4.78 is 5.30. The molecule has 0 fully saturated rings. The van der Waals surface area contributed by atoms with Crippen molar-refractivity contribution < 1.29 is 4.74 Å². The van der Waals surface area contributed by atoms with E-state index in [1.165, 1.54) is 11.1 Å². The van der Waals surface area contributed by atoms with Gasteiger partial charge in [0.05, 0.1) is 6.61 Å². The maximum atomic E-state index is 5.30. The minimum absolute atomic E-state index is 0.432. The summed E-state index contributed by atoms with van der Waals surface area (Å²) in [5, 5.41) is 3.52. The van der Waals surface area contributed by atoms with E-state index in [0.717, 1.165) is 26.1 Å². The van der Waals surface area contributed by atoms with Crippen molar-refractivity contribution in [3.63, 3.8) is 0 Å². The average molecular weight is 276 g/mol. The van der Waals surface area contributed by atoms with Crippen molar-refractivity contribution in [2.24, 2.45) is 5.92 Å². The van der Waals surface area contributed by atoms with Gasteiger partial charge in [-0.15, -0.1) is 0 Å². The number of nitrogens with one attached hydrogen (secondary N) is 1. The van der Waals surface area contributed by atoms with Crippen LogP contribution in [-0.4, -0.2) is 44.8 Å². The zero-order valence-electron chi connectivity index (χ0n) is 13.2. The third-order valence-electron chi connectivity index (χ3n) is 4.17. The van der Waals surface area contributed by atoms with Crippen molar-refractivity contribution in [3.8, 4) is 0 Å². The van der Waals surface area contributed by atoms with Crippen molar-refractivity contribution in [3.05, 3.63) is 35.4 Å². The maximum Gasteiger partial charge on any atom is 0.0589 e. The van der Waals surface area contributed by atoms with E-state index in [4.69, 9.17) is 4.74 Å². The summed E-state index contributed by atoms with van der Waals surface area (Å²) in [7, 11) is 3.86. The number of rotatable bonds is 7. The van der Waals surface area contributed by atoms with Crippen molar-refractivity contribution in [1.82, 2.24) is 10.2 Å². The molecule has 2 unspecified atom stereocenters. The number of likely N-dealkylation sites (N-methyl/N-ethyl adjacent to an activating group) is 1. The van der Waals surface area contributed by atoms with Gasteiger partial charge in [-0.1, -0.05) is 38.1 Å². The van der Waals surface area contributed by atoms with Gasteiger partial charge in [0.2, 0.25) is 0 Å². The molecule has 112 valence electrons. The number of nitrogens with zero attached hydrogens (tertiary/aromatic N) is 1. The Bertz CT molecular complexity index is 419. The van der Waals surface area contributed by atoms with Crippen LogP contribution >= 0.6 is 0 Å². The van der Waals surface area contributed by atoms with Gasteiger partial charge in [-0.25, -0.2) is 0 Å². The number of ether oxygens (including phenoxy) is 1. The number of hydrogen-bond acceptors (Lipinski definition) is 3. The zero-order valence-corrected chi connectivity index (χ0v) is 13.2. The highest BCUT2D eigenvalue weighted by Crippen LogP contribution is 2.34. The molecule has 0 radical (unpaired) electrons. The third kappa shape index (κ3) is 3.40. The van der Waals surface area contributed by atoms with Crippen molar-refractivity contribution >= 4 is 0 Å². The van der Waals surface area contributed by atoms with Gasteiger partial charge in [0, 0.05) is 32.3 Å². The van der Waals surface area contributed by atoms with E-state index in [1.807, 2.05) is 0 Å². The highest BCUT2D eigenvalue weighted by atomic mass is 16.5. The van der Waals surface area contributed by atoms with Crippen LogP contribution in [0.3, 0.4) is 0 Å². The zero-order chi connectivity index (χ0) is 14.5. The van der Waals surface area contributed by atoms with Gasteiger partial charge in [0.15, 0.2) is 0 Å². The molecule has 1 N–H and O–H groups in total. The summed E-state index contributed by atoms with van der Waals surface area (Å²) in [6.07, 6.45) is 1.14. The summed E-state index contributed by atoms with van der Waals surface area (Å²) in [6, 6.07) is 9.80. The fraction of sp³-hybridized carbons (Fsp3) is 0.647. The normalized spacial score (nSPS) is 21.7. The quantitative estimate of drug-likeness (QED) is 0.828. The van der Waals surface area contributed by atoms with Crippen LogP contribution in [0.15, 0.2) is 24.3 Å². The van der Waals surface area contributed by atoms with Crippen LogP contribution in [0.2, 0.25) is 0 Å². The lowest BCUT2D eigenvalue weighted by Gasteiger charge is -2.34. The summed E-state index contributed by atoms with van der Waals surface area (Å²) in [6.45, 7) is 7.51. The summed E-state index contributed by atoms with van der Waals surface area (Å²) in [5.74, 6) is 0.674. The van der Waals surface area contributed by atoms with Gasteiger partial charge in [-0.3, -0.25) is 4.90 Å². The molecule has 1 aliphatic rings. The second-order valence-corrected chi connectivity index (χ2v) is 6.12. The van der Waals surface area contributed by atoms with Gasteiger partial charge in [0.25, 0.3) is 0 Å². The van der Waals surface area contributed by atoms with Crippen LogP contribution in [0.1, 0.15) is 31.0 Å². The topological polar surface area (TPSA) is 24.5 Å². The SMILES string of the molecule is CNC1c2ccccc2CC1N(CCOC)CC(C)C. The van der Waals surface area contributed by atoms with Crippen LogP contribution in [0.5, 0.6) is 0 Å². The Kier molecular flexibility index (Phi) is 5.58. The molecule has 0 aliphatic heterocycles. The van der Waals surface area contributed by atoms with Gasteiger partial charge < -0.3 is 10.1 Å². The number of benzene rings is 1. The Hall–Kier alpha value is -0.900. The Morgan fingerprint density at radius 3 is 2.75 bits per heavy atom. The fourth-order valence-electron chi connectivity index (χ4n) is 3.33.